The van der Waals surface area contributed by atoms with Crippen molar-refractivity contribution in [1.82, 2.24) is 19.9 Å². The van der Waals surface area contributed by atoms with Gasteiger partial charge in [0.25, 0.3) is 5.91 Å². The highest BCUT2D eigenvalue weighted by atomic mass is 16.2. The van der Waals surface area contributed by atoms with Crippen molar-refractivity contribution in [3.05, 3.63) is 47.8 Å². The van der Waals surface area contributed by atoms with Gasteiger partial charge in [-0.15, -0.1) is 5.10 Å². The van der Waals surface area contributed by atoms with Crippen LogP contribution in [0.5, 0.6) is 0 Å². The van der Waals surface area contributed by atoms with Crippen molar-refractivity contribution in [1.29, 1.82) is 0 Å². The molecular weight excluding hydrogens is 352 g/mol. The van der Waals surface area contributed by atoms with Gasteiger partial charge >= 0.3 is 0 Å². The second-order valence-corrected chi connectivity index (χ2v) is 9.12. The first kappa shape index (κ1) is 18.8. The summed E-state index contributed by atoms with van der Waals surface area (Å²) in [7, 11) is 0. The second-order valence-electron chi connectivity index (χ2n) is 9.12. The molecule has 2 aliphatic rings. The van der Waals surface area contributed by atoms with E-state index in [0.29, 0.717) is 11.6 Å². The van der Waals surface area contributed by atoms with Crippen LogP contribution < -0.4 is 0 Å². The third kappa shape index (κ3) is 3.05. The Kier molecular flexibility index (Phi) is 4.60. The number of likely N-dealkylation sites (tertiary alicyclic amines) is 1. The number of Topliss-reactive ketones (excluding diaryl/α,β-unsaturated/α-hetero) is 1. The average molecular weight is 380 g/mol. The van der Waals surface area contributed by atoms with E-state index >= 15 is 0 Å². The molecule has 2 heterocycles. The third-order valence-corrected chi connectivity index (χ3v) is 6.34. The van der Waals surface area contributed by atoms with E-state index < -0.39 is 5.41 Å². The summed E-state index contributed by atoms with van der Waals surface area (Å²) < 4.78 is 1.48. The average Bonchev–Trinajstić information content (AvgIpc) is 3.11. The van der Waals surface area contributed by atoms with E-state index in [0.717, 1.165) is 25.8 Å². The summed E-state index contributed by atoms with van der Waals surface area (Å²) in [6.07, 6.45) is 6.12. The van der Waals surface area contributed by atoms with Crippen LogP contribution in [0.3, 0.4) is 0 Å². The minimum atomic E-state index is -0.444. The summed E-state index contributed by atoms with van der Waals surface area (Å²) in [5, 5.41) is 8.12. The van der Waals surface area contributed by atoms with Crippen LogP contribution in [0.25, 0.3) is 0 Å². The Labute approximate surface area is 165 Å². The lowest BCUT2D eigenvalue weighted by Gasteiger charge is -2.61. The highest BCUT2D eigenvalue weighted by molar-refractivity contribution is 5.93. The van der Waals surface area contributed by atoms with Crippen molar-refractivity contribution in [3.8, 4) is 0 Å². The summed E-state index contributed by atoms with van der Waals surface area (Å²) >= 11 is 0. The topological polar surface area (TPSA) is 68.1 Å². The fourth-order valence-corrected chi connectivity index (χ4v) is 4.62. The maximum Gasteiger partial charge on any atom is 0.276 e. The number of amides is 1. The van der Waals surface area contributed by atoms with Gasteiger partial charge in [0.15, 0.2) is 11.5 Å². The highest BCUT2D eigenvalue weighted by Gasteiger charge is 2.57. The lowest BCUT2D eigenvalue weighted by atomic mass is 9.61. The van der Waals surface area contributed by atoms with Crippen molar-refractivity contribution in [3.63, 3.8) is 0 Å². The number of aromatic nitrogens is 3. The molecule has 2 atom stereocenters. The van der Waals surface area contributed by atoms with Crippen molar-refractivity contribution in [2.24, 2.45) is 11.3 Å². The van der Waals surface area contributed by atoms with Crippen LogP contribution in [-0.4, -0.2) is 38.1 Å². The van der Waals surface area contributed by atoms with E-state index in [1.54, 1.807) is 6.20 Å². The second kappa shape index (κ2) is 6.83. The van der Waals surface area contributed by atoms with Crippen molar-refractivity contribution >= 4 is 11.7 Å². The molecule has 1 aliphatic carbocycles. The molecule has 1 saturated carbocycles. The molecule has 28 heavy (non-hydrogen) atoms. The van der Waals surface area contributed by atoms with E-state index in [-0.39, 0.29) is 23.8 Å². The molecule has 0 bridgehead atoms. The number of carbonyl (C=O) groups excluding carboxylic acids is 2. The number of ketones is 1. The Morgan fingerprint density at radius 3 is 2.61 bits per heavy atom. The molecular formula is C22H28N4O2. The molecule has 6 heteroatoms. The first-order valence-corrected chi connectivity index (χ1v) is 10.1. The Morgan fingerprint density at radius 2 is 1.93 bits per heavy atom. The van der Waals surface area contributed by atoms with E-state index in [9.17, 15) is 9.59 Å². The fraction of sp³-hybridized carbons (Fsp3) is 0.545. The van der Waals surface area contributed by atoms with Gasteiger partial charge in [-0.1, -0.05) is 69.2 Å². The van der Waals surface area contributed by atoms with Gasteiger partial charge in [0, 0.05) is 17.9 Å². The molecule has 2 aromatic rings. The molecule has 1 saturated heterocycles. The molecule has 6 nitrogen and oxygen atoms in total. The minimum Gasteiger partial charge on any atom is -0.327 e. The Hall–Kier alpha value is -2.50. The summed E-state index contributed by atoms with van der Waals surface area (Å²) in [5.41, 5.74) is 0.873. The molecule has 4 rings (SSSR count). The third-order valence-electron chi connectivity index (χ3n) is 6.34. The van der Waals surface area contributed by atoms with Crippen LogP contribution >= 0.6 is 0 Å². The summed E-state index contributed by atoms with van der Waals surface area (Å²) in [6, 6.07) is 10.4. The molecule has 1 aliphatic heterocycles. The van der Waals surface area contributed by atoms with Gasteiger partial charge in [-0.05, 0) is 18.4 Å². The molecule has 1 aromatic carbocycles. The Morgan fingerprint density at radius 1 is 1.18 bits per heavy atom. The molecule has 0 N–H and O–H groups in total. The van der Waals surface area contributed by atoms with Gasteiger partial charge in [-0.2, -0.15) is 0 Å². The van der Waals surface area contributed by atoms with Gasteiger partial charge in [-0.3, -0.25) is 9.59 Å². The fourth-order valence-electron chi connectivity index (χ4n) is 4.62. The van der Waals surface area contributed by atoms with Crippen molar-refractivity contribution in [2.75, 3.05) is 6.54 Å². The van der Waals surface area contributed by atoms with Gasteiger partial charge in [-0.25, -0.2) is 4.68 Å². The first-order valence-electron chi connectivity index (χ1n) is 10.1. The molecule has 0 spiro atoms. The number of carbonyl (C=O) groups is 2. The number of hydrogen-bond acceptors (Lipinski definition) is 4. The maximum absolute atomic E-state index is 13.3. The number of benzene rings is 1. The van der Waals surface area contributed by atoms with Crippen LogP contribution in [0.15, 0.2) is 36.5 Å². The molecule has 0 radical (unpaired) electrons. The predicted molar refractivity (Wildman–Crippen MR) is 106 cm³/mol. The quantitative estimate of drug-likeness (QED) is 0.815. The molecule has 1 amide bonds. The van der Waals surface area contributed by atoms with Crippen molar-refractivity contribution in [2.45, 2.75) is 58.5 Å². The van der Waals surface area contributed by atoms with Crippen LogP contribution in [0.2, 0.25) is 0 Å². The maximum atomic E-state index is 13.3. The lowest BCUT2D eigenvalue weighted by Crippen LogP contribution is -2.67. The highest BCUT2D eigenvalue weighted by Crippen LogP contribution is 2.54. The Bertz CT molecular complexity index is 883. The van der Waals surface area contributed by atoms with Gasteiger partial charge in [0.05, 0.1) is 11.7 Å². The normalized spacial score (nSPS) is 24.4. The van der Waals surface area contributed by atoms with E-state index in [1.165, 1.54) is 16.7 Å². The largest absolute Gasteiger partial charge is 0.327 e. The van der Waals surface area contributed by atoms with Crippen LogP contribution in [-0.2, 0) is 16.9 Å². The number of fused-ring (bicyclic) bond motifs is 1. The standard InChI is InChI=1S/C22H28N4O2/c1-21(2,3)19(27)15-25-14-18(23-24-25)20(28)26-13-17-11-7-8-12-22(17,26)16-9-5-4-6-10-16/h4-6,9-10,14,17H,7-8,11-13,15H2,1-3H3/t17-,22-/m1/s1. The SMILES string of the molecule is CC(C)(C)C(=O)Cn1cc(C(=O)N2C[C@H]3CCCC[C@@]32c2ccccc2)nn1. The Balaban J connectivity index is 1.58. The molecule has 148 valence electrons. The van der Waals surface area contributed by atoms with Crippen molar-refractivity contribution < 1.29 is 9.59 Å². The molecule has 2 fully saturated rings. The first-order chi connectivity index (χ1) is 13.3. The number of hydrogen-bond donors (Lipinski definition) is 0. The number of nitrogens with zero attached hydrogens (tertiary/aromatic N) is 4. The van der Waals surface area contributed by atoms with Gasteiger partial charge in [0.1, 0.15) is 6.54 Å². The zero-order valence-electron chi connectivity index (χ0n) is 16.9. The van der Waals surface area contributed by atoms with Gasteiger partial charge in [0.2, 0.25) is 0 Å². The van der Waals surface area contributed by atoms with E-state index in [2.05, 4.69) is 22.4 Å². The monoisotopic (exact) mass is 380 g/mol. The number of rotatable bonds is 4. The predicted octanol–water partition coefficient (Wildman–Crippen LogP) is 3.43. The summed E-state index contributed by atoms with van der Waals surface area (Å²) in [6.45, 7) is 6.54. The zero-order chi connectivity index (χ0) is 19.9. The minimum absolute atomic E-state index is 0.0634. The summed E-state index contributed by atoms with van der Waals surface area (Å²) in [5.74, 6) is 0.482. The summed E-state index contributed by atoms with van der Waals surface area (Å²) in [4.78, 5) is 27.5. The van der Waals surface area contributed by atoms with Crippen LogP contribution in [0, 0.1) is 11.3 Å². The van der Waals surface area contributed by atoms with E-state index in [1.807, 2.05) is 43.9 Å². The van der Waals surface area contributed by atoms with E-state index in [4.69, 9.17) is 0 Å². The van der Waals surface area contributed by atoms with Gasteiger partial charge < -0.3 is 4.90 Å². The van der Waals surface area contributed by atoms with Crippen LogP contribution in [0.4, 0.5) is 0 Å². The lowest BCUT2D eigenvalue weighted by molar-refractivity contribution is -0.127. The van der Waals surface area contributed by atoms with Crippen LogP contribution in [0.1, 0.15) is 62.5 Å². The molecule has 1 aromatic heterocycles. The zero-order valence-corrected chi connectivity index (χ0v) is 16.9. The smallest absolute Gasteiger partial charge is 0.276 e. The molecule has 0 unspecified atom stereocenters.